The molecule has 3 heterocycles. The zero-order chi connectivity index (χ0) is 19.4. The van der Waals surface area contributed by atoms with Gasteiger partial charge in [-0.2, -0.15) is 4.31 Å². The highest BCUT2D eigenvalue weighted by Gasteiger charge is 2.29. The largest absolute Gasteiger partial charge is 0.349 e. The zero-order valence-corrected chi connectivity index (χ0v) is 16.6. The number of nitrogens with one attached hydrogen (secondary N) is 1. The molecule has 1 aromatic heterocycles. The van der Waals surface area contributed by atoms with Crippen molar-refractivity contribution in [2.45, 2.75) is 43.4 Å². The molecule has 0 aromatic carbocycles. The van der Waals surface area contributed by atoms with Crippen LogP contribution in [0.4, 0.5) is 0 Å². The first-order valence-electron chi connectivity index (χ1n) is 9.62. The number of carbonyl (C=O) groups excluding carboxylic acids is 2. The molecule has 8 nitrogen and oxygen atoms in total. The van der Waals surface area contributed by atoms with E-state index in [-0.39, 0.29) is 16.7 Å². The fourth-order valence-electron chi connectivity index (χ4n) is 3.65. The van der Waals surface area contributed by atoms with Gasteiger partial charge in [0.15, 0.2) is 0 Å². The number of rotatable bonds is 6. The minimum absolute atomic E-state index is 0.139. The Morgan fingerprint density at radius 3 is 2.56 bits per heavy atom. The number of carbonyl (C=O) groups is 2. The van der Waals surface area contributed by atoms with E-state index in [1.165, 1.54) is 21.1 Å². The molecule has 2 aliphatic heterocycles. The van der Waals surface area contributed by atoms with Crippen molar-refractivity contribution in [3.8, 4) is 0 Å². The standard InChI is InChI=1S/C18H28N4O4S/c1-20-14-15(27(25,26)22-10-5-6-11-22)13-16(20)18(24)19-8-12-21-9-4-2-3-7-17(21)23/h13-14H,2-12H2,1H3,(H,19,24). The number of aryl methyl sites for hydroxylation is 1. The number of hydrogen-bond acceptors (Lipinski definition) is 4. The number of likely N-dealkylation sites (tertiary alicyclic amines) is 1. The average molecular weight is 397 g/mol. The molecule has 0 aliphatic carbocycles. The summed E-state index contributed by atoms with van der Waals surface area (Å²) in [7, 11) is -1.88. The predicted molar refractivity (Wildman–Crippen MR) is 101 cm³/mol. The van der Waals surface area contributed by atoms with Crippen molar-refractivity contribution >= 4 is 21.8 Å². The molecule has 0 radical (unpaired) electrons. The Hall–Kier alpha value is -1.87. The first kappa shape index (κ1) is 19.9. The number of hydrogen-bond donors (Lipinski definition) is 1. The fraction of sp³-hybridized carbons (Fsp3) is 0.667. The minimum Gasteiger partial charge on any atom is -0.349 e. The topological polar surface area (TPSA) is 91.7 Å². The van der Waals surface area contributed by atoms with Crippen LogP contribution in [-0.4, -0.2) is 66.7 Å². The van der Waals surface area contributed by atoms with Gasteiger partial charge in [-0.3, -0.25) is 9.59 Å². The van der Waals surface area contributed by atoms with Crippen LogP contribution < -0.4 is 5.32 Å². The van der Waals surface area contributed by atoms with Crippen molar-refractivity contribution in [3.63, 3.8) is 0 Å². The number of sulfonamides is 1. The summed E-state index contributed by atoms with van der Waals surface area (Å²) in [5.74, 6) is -0.192. The molecule has 2 amide bonds. The van der Waals surface area contributed by atoms with Gasteiger partial charge in [0.2, 0.25) is 15.9 Å². The molecule has 2 saturated heterocycles. The molecule has 0 saturated carbocycles. The van der Waals surface area contributed by atoms with Gasteiger partial charge < -0.3 is 14.8 Å². The van der Waals surface area contributed by atoms with Gasteiger partial charge in [0.25, 0.3) is 5.91 Å². The number of nitrogens with zero attached hydrogens (tertiary/aromatic N) is 3. The van der Waals surface area contributed by atoms with E-state index in [9.17, 15) is 18.0 Å². The van der Waals surface area contributed by atoms with Gasteiger partial charge in [0, 0.05) is 52.4 Å². The van der Waals surface area contributed by atoms with Crippen LogP contribution in [0.25, 0.3) is 0 Å². The summed E-state index contributed by atoms with van der Waals surface area (Å²) in [5, 5.41) is 2.80. The van der Waals surface area contributed by atoms with Crippen molar-refractivity contribution in [2.75, 3.05) is 32.7 Å². The van der Waals surface area contributed by atoms with E-state index in [1.54, 1.807) is 11.9 Å². The highest BCUT2D eigenvalue weighted by atomic mass is 32.2. The van der Waals surface area contributed by atoms with Crippen LogP contribution in [0.5, 0.6) is 0 Å². The van der Waals surface area contributed by atoms with Crippen molar-refractivity contribution in [1.82, 2.24) is 19.1 Å². The molecule has 1 N–H and O–H groups in total. The zero-order valence-electron chi connectivity index (χ0n) is 15.8. The van der Waals surface area contributed by atoms with Crippen molar-refractivity contribution in [3.05, 3.63) is 18.0 Å². The van der Waals surface area contributed by atoms with Crippen molar-refractivity contribution < 1.29 is 18.0 Å². The van der Waals surface area contributed by atoms with Crippen LogP contribution >= 0.6 is 0 Å². The smallest absolute Gasteiger partial charge is 0.268 e. The van der Waals surface area contributed by atoms with Gasteiger partial charge in [-0.05, 0) is 31.7 Å². The van der Waals surface area contributed by atoms with Gasteiger partial charge in [-0.25, -0.2) is 8.42 Å². The van der Waals surface area contributed by atoms with Gasteiger partial charge in [0.1, 0.15) is 10.6 Å². The summed E-state index contributed by atoms with van der Waals surface area (Å²) in [6.07, 6.45) is 6.79. The Kier molecular flexibility index (Phi) is 6.21. The molecule has 0 unspecified atom stereocenters. The Bertz CT molecular complexity index is 796. The normalized spacial score (nSPS) is 19.3. The van der Waals surface area contributed by atoms with Crippen molar-refractivity contribution in [1.29, 1.82) is 0 Å². The number of aromatic nitrogens is 1. The van der Waals surface area contributed by atoms with Crippen LogP contribution in [0, 0.1) is 0 Å². The fourth-order valence-corrected chi connectivity index (χ4v) is 5.24. The molecule has 27 heavy (non-hydrogen) atoms. The summed E-state index contributed by atoms with van der Waals surface area (Å²) in [4.78, 5) is 26.4. The van der Waals surface area contributed by atoms with Crippen LogP contribution in [0.1, 0.15) is 49.0 Å². The Labute approximate surface area is 160 Å². The summed E-state index contributed by atoms with van der Waals surface area (Å²) in [6.45, 7) is 2.63. The molecule has 150 valence electrons. The van der Waals surface area contributed by atoms with E-state index in [1.807, 2.05) is 0 Å². The van der Waals surface area contributed by atoms with Crippen LogP contribution in [0.2, 0.25) is 0 Å². The Balaban J connectivity index is 1.60. The first-order valence-corrected chi connectivity index (χ1v) is 11.1. The first-order chi connectivity index (χ1) is 12.9. The summed E-state index contributed by atoms with van der Waals surface area (Å²) < 4.78 is 28.3. The van der Waals surface area contributed by atoms with Gasteiger partial charge in [-0.15, -0.1) is 0 Å². The van der Waals surface area contributed by atoms with E-state index >= 15 is 0 Å². The third-order valence-corrected chi connectivity index (χ3v) is 7.12. The lowest BCUT2D eigenvalue weighted by atomic mass is 10.2. The van der Waals surface area contributed by atoms with Crippen LogP contribution in [-0.2, 0) is 21.9 Å². The summed E-state index contributed by atoms with van der Waals surface area (Å²) >= 11 is 0. The Morgan fingerprint density at radius 2 is 1.81 bits per heavy atom. The second-order valence-corrected chi connectivity index (χ2v) is 9.17. The third kappa shape index (κ3) is 4.52. The molecule has 0 bridgehead atoms. The molecule has 0 spiro atoms. The van der Waals surface area contributed by atoms with Gasteiger partial charge in [-0.1, -0.05) is 6.42 Å². The van der Waals surface area contributed by atoms with Gasteiger partial charge in [0.05, 0.1) is 0 Å². The lowest BCUT2D eigenvalue weighted by molar-refractivity contribution is -0.130. The maximum Gasteiger partial charge on any atom is 0.268 e. The summed E-state index contributed by atoms with van der Waals surface area (Å²) in [6, 6.07) is 1.43. The second-order valence-electron chi connectivity index (χ2n) is 7.23. The second kappa shape index (κ2) is 8.43. The van der Waals surface area contributed by atoms with Crippen molar-refractivity contribution in [2.24, 2.45) is 7.05 Å². The molecule has 2 aliphatic rings. The summed E-state index contributed by atoms with van der Waals surface area (Å²) in [5.41, 5.74) is 0.301. The molecule has 0 atom stereocenters. The molecule has 2 fully saturated rings. The predicted octanol–water partition coefficient (Wildman–Crippen LogP) is 0.942. The maximum absolute atomic E-state index is 12.6. The van der Waals surface area contributed by atoms with E-state index in [0.29, 0.717) is 38.3 Å². The molecular formula is C18H28N4O4S. The lowest BCUT2D eigenvalue weighted by Crippen LogP contribution is -2.38. The van der Waals surface area contributed by atoms with Crippen LogP contribution in [0.3, 0.4) is 0 Å². The van der Waals surface area contributed by atoms with E-state index < -0.39 is 10.0 Å². The maximum atomic E-state index is 12.6. The molecular weight excluding hydrogens is 368 g/mol. The third-order valence-electron chi connectivity index (χ3n) is 5.25. The molecule has 9 heteroatoms. The minimum atomic E-state index is -3.54. The molecule has 3 rings (SSSR count). The highest BCUT2D eigenvalue weighted by Crippen LogP contribution is 2.22. The quantitative estimate of drug-likeness (QED) is 0.775. The highest BCUT2D eigenvalue weighted by molar-refractivity contribution is 7.89. The van der Waals surface area contributed by atoms with Gasteiger partial charge >= 0.3 is 0 Å². The van der Waals surface area contributed by atoms with E-state index in [4.69, 9.17) is 0 Å². The van der Waals surface area contributed by atoms with E-state index in [0.717, 1.165) is 38.6 Å². The monoisotopic (exact) mass is 396 g/mol. The van der Waals surface area contributed by atoms with E-state index in [2.05, 4.69) is 5.32 Å². The number of amides is 2. The average Bonchev–Trinajstić information content (AvgIpc) is 3.25. The molecule has 1 aromatic rings. The lowest BCUT2D eigenvalue weighted by Gasteiger charge is -2.20. The van der Waals surface area contributed by atoms with Crippen LogP contribution in [0.15, 0.2) is 17.2 Å². The SMILES string of the molecule is Cn1cc(S(=O)(=O)N2CCCC2)cc1C(=O)NCCN1CCCCCC1=O. The Morgan fingerprint density at radius 1 is 1.11 bits per heavy atom.